The number of anilines is 1. The molecule has 3 aromatic heterocycles. The molecule has 0 unspecified atom stereocenters. The minimum atomic E-state index is -0.303. The Morgan fingerprint density at radius 1 is 0.895 bits per heavy atom. The Labute approximate surface area is 225 Å². The summed E-state index contributed by atoms with van der Waals surface area (Å²) >= 11 is 1.45. The van der Waals surface area contributed by atoms with Crippen LogP contribution in [0.1, 0.15) is 22.6 Å². The monoisotopic (exact) mass is 521 g/mol. The second kappa shape index (κ2) is 11.8. The molecule has 8 nitrogen and oxygen atoms in total. The zero-order chi connectivity index (χ0) is 26.3. The number of nitrogens with zero attached hydrogens (tertiary/aromatic N) is 6. The summed E-state index contributed by atoms with van der Waals surface area (Å²) in [7, 11) is 4.09. The largest absolute Gasteiger partial charge is 0.320 e. The van der Waals surface area contributed by atoms with E-state index in [0.717, 1.165) is 46.8 Å². The van der Waals surface area contributed by atoms with Crippen LogP contribution in [0.3, 0.4) is 0 Å². The highest BCUT2D eigenvalue weighted by atomic mass is 32.1. The Balaban J connectivity index is 1.43. The number of aromatic nitrogens is 5. The second-order valence-electron chi connectivity index (χ2n) is 8.99. The minimum absolute atomic E-state index is 0.303. The molecule has 38 heavy (non-hydrogen) atoms. The van der Waals surface area contributed by atoms with Crippen molar-refractivity contribution >= 4 is 22.9 Å². The molecule has 0 fully saturated rings. The molecular formula is C29H27N7OS. The van der Waals surface area contributed by atoms with E-state index in [9.17, 15) is 4.79 Å². The molecule has 0 saturated carbocycles. The first kappa shape index (κ1) is 25.3. The van der Waals surface area contributed by atoms with Gasteiger partial charge in [-0.1, -0.05) is 53.8 Å². The van der Waals surface area contributed by atoms with Crippen LogP contribution in [0.5, 0.6) is 0 Å². The lowest BCUT2D eigenvalue weighted by Crippen LogP contribution is -2.17. The van der Waals surface area contributed by atoms with Gasteiger partial charge in [0, 0.05) is 34.8 Å². The van der Waals surface area contributed by atoms with Gasteiger partial charge in [0.25, 0.3) is 5.91 Å². The van der Waals surface area contributed by atoms with Crippen molar-refractivity contribution in [3.63, 3.8) is 0 Å². The number of carbonyl (C=O) groups excluding carboxylic acids is 1. The van der Waals surface area contributed by atoms with Crippen molar-refractivity contribution in [1.29, 1.82) is 0 Å². The van der Waals surface area contributed by atoms with Gasteiger partial charge in [0.15, 0.2) is 5.82 Å². The van der Waals surface area contributed by atoms with Crippen LogP contribution in [-0.2, 0) is 6.42 Å². The third-order valence-electron chi connectivity index (χ3n) is 5.82. The van der Waals surface area contributed by atoms with E-state index in [1.54, 1.807) is 18.5 Å². The standard InChI is InChI=1S/C29H27N7OS/c1-36(2)17-9-13-22-18-25(32-26(31-22)20-10-4-3-5-11-20)27(37)33-24-15-7-6-14-23(24)29-35-34-28(38-29)21-12-8-16-30-19-21/h3-8,10-12,14-16,18-19H,9,13,17H2,1-2H3,(H,33,37). The quantitative estimate of drug-likeness (QED) is 0.275. The summed E-state index contributed by atoms with van der Waals surface area (Å²) in [6, 6.07) is 22.9. The predicted molar refractivity (Wildman–Crippen MR) is 151 cm³/mol. The van der Waals surface area contributed by atoms with E-state index in [1.165, 1.54) is 11.3 Å². The summed E-state index contributed by atoms with van der Waals surface area (Å²) in [5.74, 6) is 0.236. The van der Waals surface area contributed by atoms with Crippen LogP contribution >= 0.6 is 11.3 Å². The fraction of sp³-hybridized carbons (Fsp3) is 0.172. The first-order valence-electron chi connectivity index (χ1n) is 12.3. The summed E-state index contributed by atoms with van der Waals surface area (Å²) in [5.41, 5.74) is 4.35. The minimum Gasteiger partial charge on any atom is -0.320 e. The van der Waals surface area contributed by atoms with E-state index in [1.807, 2.05) is 80.8 Å². The second-order valence-corrected chi connectivity index (χ2v) is 9.97. The van der Waals surface area contributed by atoms with Gasteiger partial charge in [-0.3, -0.25) is 9.78 Å². The lowest BCUT2D eigenvalue weighted by molar-refractivity contribution is 0.102. The van der Waals surface area contributed by atoms with Crippen LogP contribution < -0.4 is 5.32 Å². The SMILES string of the molecule is CN(C)CCCc1cc(C(=O)Nc2ccccc2-c2nnc(-c3cccnc3)s2)nc(-c2ccccc2)n1. The number of para-hydroxylation sites is 1. The van der Waals surface area contributed by atoms with Gasteiger partial charge < -0.3 is 10.2 Å². The molecule has 190 valence electrons. The molecule has 9 heteroatoms. The van der Waals surface area contributed by atoms with Crippen LogP contribution in [0.15, 0.2) is 85.2 Å². The van der Waals surface area contributed by atoms with Crippen molar-refractivity contribution in [2.75, 3.05) is 26.0 Å². The van der Waals surface area contributed by atoms with Crippen LogP contribution in [0.2, 0.25) is 0 Å². The summed E-state index contributed by atoms with van der Waals surface area (Å²) in [4.78, 5) is 29.2. The van der Waals surface area contributed by atoms with Gasteiger partial charge in [-0.2, -0.15) is 0 Å². The Morgan fingerprint density at radius 3 is 2.45 bits per heavy atom. The molecule has 0 spiro atoms. The van der Waals surface area contributed by atoms with Crippen LogP contribution in [-0.4, -0.2) is 56.6 Å². The Hall–Kier alpha value is -4.34. The Morgan fingerprint density at radius 2 is 1.66 bits per heavy atom. The number of hydrogen-bond acceptors (Lipinski definition) is 8. The number of pyridine rings is 1. The van der Waals surface area contributed by atoms with Crippen molar-refractivity contribution in [2.24, 2.45) is 0 Å². The van der Waals surface area contributed by atoms with Crippen molar-refractivity contribution in [1.82, 2.24) is 30.0 Å². The predicted octanol–water partition coefficient (Wildman–Crippen LogP) is 5.47. The summed E-state index contributed by atoms with van der Waals surface area (Å²) < 4.78 is 0. The lowest BCUT2D eigenvalue weighted by atomic mass is 10.1. The number of aryl methyl sites for hydroxylation is 1. The van der Waals surface area contributed by atoms with E-state index in [2.05, 4.69) is 30.4 Å². The first-order valence-corrected chi connectivity index (χ1v) is 13.1. The number of amides is 1. The van der Waals surface area contributed by atoms with Crippen molar-refractivity contribution in [2.45, 2.75) is 12.8 Å². The molecule has 2 aromatic carbocycles. The highest BCUT2D eigenvalue weighted by Gasteiger charge is 2.17. The number of nitrogens with one attached hydrogen (secondary N) is 1. The van der Waals surface area contributed by atoms with E-state index < -0.39 is 0 Å². The summed E-state index contributed by atoms with van der Waals surface area (Å²) in [6.07, 6.45) is 5.16. The van der Waals surface area contributed by atoms with Gasteiger partial charge in [0.2, 0.25) is 0 Å². The molecule has 3 heterocycles. The maximum Gasteiger partial charge on any atom is 0.274 e. The van der Waals surface area contributed by atoms with Crippen LogP contribution in [0.25, 0.3) is 32.5 Å². The summed E-state index contributed by atoms with van der Waals surface area (Å²) in [5, 5.41) is 13.2. The highest BCUT2D eigenvalue weighted by molar-refractivity contribution is 7.18. The molecule has 0 radical (unpaired) electrons. The average Bonchev–Trinajstić information content (AvgIpc) is 3.44. The third kappa shape index (κ3) is 6.13. The van der Waals surface area contributed by atoms with Gasteiger partial charge >= 0.3 is 0 Å². The third-order valence-corrected chi connectivity index (χ3v) is 6.83. The number of benzene rings is 2. The van der Waals surface area contributed by atoms with Crippen molar-refractivity contribution < 1.29 is 4.79 Å². The topological polar surface area (TPSA) is 96.8 Å². The Bertz CT molecular complexity index is 1520. The fourth-order valence-electron chi connectivity index (χ4n) is 3.94. The smallest absolute Gasteiger partial charge is 0.274 e. The molecular weight excluding hydrogens is 494 g/mol. The van der Waals surface area contributed by atoms with Crippen molar-refractivity contribution in [3.8, 4) is 32.5 Å². The molecule has 1 N–H and O–H groups in total. The Kier molecular flexibility index (Phi) is 7.86. The molecule has 0 atom stereocenters. The lowest BCUT2D eigenvalue weighted by Gasteiger charge is -2.12. The molecule has 5 rings (SSSR count). The van der Waals surface area contributed by atoms with Gasteiger partial charge in [0.05, 0.1) is 5.69 Å². The van der Waals surface area contributed by atoms with Gasteiger partial charge in [-0.25, -0.2) is 9.97 Å². The summed E-state index contributed by atoms with van der Waals surface area (Å²) in [6.45, 7) is 0.933. The van der Waals surface area contributed by atoms with Crippen LogP contribution in [0, 0.1) is 0 Å². The molecule has 0 bridgehead atoms. The number of carbonyl (C=O) groups is 1. The van der Waals surface area contributed by atoms with Crippen LogP contribution in [0.4, 0.5) is 5.69 Å². The fourth-order valence-corrected chi connectivity index (χ4v) is 4.81. The van der Waals surface area contributed by atoms with E-state index in [0.29, 0.717) is 22.2 Å². The van der Waals surface area contributed by atoms with Gasteiger partial charge in [-0.15, -0.1) is 10.2 Å². The number of hydrogen-bond donors (Lipinski definition) is 1. The van der Waals surface area contributed by atoms with Gasteiger partial charge in [-0.05, 0) is 63.8 Å². The highest BCUT2D eigenvalue weighted by Crippen LogP contribution is 2.34. The zero-order valence-electron chi connectivity index (χ0n) is 21.2. The normalized spacial score (nSPS) is 11.0. The molecule has 0 aliphatic heterocycles. The average molecular weight is 522 g/mol. The van der Waals surface area contributed by atoms with Gasteiger partial charge in [0.1, 0.15) is 15.7 Å². The van der Waals surface area contributed by atoms with E-state index in [4.69, 9.17) is 4.98 Å². The number of rotatable bonds is 9. The molecule has 5 aromatic rings. The molecule has 0 aliphatic rings. The molecule has 0 saturated heterocycles. The van der Waals surface area contributed by atoms with E-state index >= 15 is 0 Å². The van der Waals surface area contributed by atoms with E-state index in [-0.39, 0.29) is 5.91 Å². The maximum atomic E-state index is 13.5. The van der Waals surface area contributed by atoms with Crippen molar-refractivity contribution in [3.05, 3.63) is 96.6 Å². The maximum absolute atomic E-state index is 13.5. The molecule has 0 aliphatic carbocycles. The first-order chi connectivity index (χ1) is 18.6. The zero-order valence-corrected chi connectivity index (χ0v) is 22.0. The molecule has 1 amide bonds.